The van der Waals surface area contributed by atoms with Crippen LogP contribution in [0.3, 0.4) is 0 Å². The Morgan fingerprint density at radius 1 is 1.20 bits per heavy atom. The Morgan fingerprint density at radius 3 is 2.66 bits per heavy atom. The van der Waals surface area contributed by atoms with Crippen LogP contribution in [0.2, 0.25) is 0 Å². The molecule has 0 saturated carbocycles. The Kier molecular flexibility index (Phi) is 6.73. The van der Waals surface area contributed by atoms with Crippen molar-refractivity contribution in [2.45, 2.75) is 13.5 Å². The van der Waals surface area contributed by atoms with Crippen molar-refractivity contribution < 1.29 is 27.3 Å². The Morgan fingerprint density at radius 2 is 2.00 bits per heavy atom. The number of nitrogens with zero attached hydrogens (tertiary/aromatic N) is 2. The monoisotopic (exact) mass is 491 g/mol. The van der Waals surface area contributed by atoms with Gasteiger partial charge in [-0.1, -0.05) is 18.2 Å². The van der Waals surface area contributed by atoms with E-state index in [1.807, 2.05) is 25.1 Å². The molecule has 3 heterocycles. The molecule has 0 unspecified atom stereocenters. The lowest BCUT2D eigenvalue weighted by molar-refractivity contribution is 0.0719. The third-order valence-electron chi connectivity index (χ3n) is 5.69. The molecule has 0 atom stereocenters. The summed E-state index contributed by atoms with van der Waals surface area (Å²) in [5.74, 6) is 0.868. The van der Waals surface area contributed by atoms with Crippen LogP contribution in [0.4, 0.5) is 5.82 Å². The summed E-state index contributed by atoms with van der Waals surface area (Å²) in [5, 5.41) is 2.78. The van der Waals surface area contributed by atoms with Crippen molar-refractivity contribution in [2.75, 3.05) is 25.6 Å². The molecular weight excluding hydrogens is 469 g/mol. The molecule has 178 valence electrons. The van der Waals surface area contributed by atoms with Gasteiger partial charge in [0.1, 0.15) is 29.6 Å². The third-order valence-corrected chi connectivity index (χ3v) is 6.20. The highest BCUT2D eigenvalue weighted by Gasteiger charge is 2.33. The van der Waals surface area contributed by atoms with Gasteiger partial charge < -0.3 is 27.9 Å². The summed E-state index contributed by atoms with van der Waals surface area (Å²) < 4.78 is 21.8. The zero-order valence-corrected chi connectivity index (χ0v) is 20.0. The maximum Gasteiger partial charge on any atom is 0.520 e. The van der Waals surface area contributed by atoms with Gasteiger partial charge in [0.2, 0.25) is 0 Å². The summed E-state index contributed by atoms with van der Waals surface area (Å²) in [6.45, 7) is 3.13. The van der Waals surface area contributed by atoms with E-state index < -0.39 is 7.12 Å². The molecule has 0 radical (unpaired) electrons. The molecule has 9 nitrogen and oxygen atoms in total. The molecular formula is C24H22BN3O6S. The van der Waals surface area contributed by atoms with E-state index in [0.717, 1.165) is 28.9 Å². The molecule has 2 aromatic carbocycles. The van der Waals surface area contributed by atoms with E-state index in [-0.39, 0.29) is 11.8 Å². The van der Waals surface area contributed by atoms with Gasteiger partial charge in [-0.3, -0.25) is 9.59 Å². The Bertz CT molecular complexity index is 1250. The smallest absolute Gasteiger partial charge is 0.457 e. The first-order valence-corrected chi connectivity index (χ1v) is 11.6. The minimum atomic E-state index is -0.396. The van der Waals surface area contributed by atoms with Crippen molar-refractivity contribution in [1.29, 1.82) is 0 Å². The van der Waals surface area contributed by atoms with Crippen molar-refractivity contribution in [2.24, 2.45) is 0 Å². The minimum Gasteiger partial charge on any atom is -0.457 e. The number of amides is 2. The molecule has 2 amide bonds. The minimum absolute atomic E-state index is 0.169. The number of fused-ring (bicyclic) bond motifs is 1. The average molecular weight is 491 g/mol. The van der Waals surface area contributed by atoms with Crippen molar-refractivity contribution in [3.05, 3.63) is 77.0 Å². The largest absolute Gasteiger partial charge is 0.520 e. The normalized spacial score (nSPS) is 14.5. The maximum absolute atomic E-state index is 13.1. The third kappa shape index (κ3) is 5.03. The second-order valence-electron chi connectivity index (χ2n) is 8.16. The number of hydrogen-bond acceptors (Lipinski definition) is 8. The molecule has 3 aromatic rings. The molecule has 5 rings (SSSR count). The summed E-state index contributed by atoms with van der Waals surface area (Å²) in [6.07, 6.45) is 1.67. The second-order valence-corrected chi connectivity index (χ2v) is 8.68. The van der Waals surface area contributed by atoms with Gasteiger partial charge in [0.15, 0.2) is 0 Å². The van der Waals surface area contributed by atoms with Gasteiger partial charge in [-0.25, -0.2) is 4.98 Å². The first kappa shape index (κ1) is 23.4. The molecule has 2 aliphatic heterocycles. The van der Waals surface area contributed by atoms with Crippen molar-refractivity contribution in [1.82, 2.24) is 9.88 Å². The first-order chi connectivity index (χ1) is 17.0. The topological polar surface area (TPSA) is 99.2 Å². The number of carbonyl (C=O) groups excluding carboxylic acids is 2. The molecule has 11 heteroatoms. The Labute approximate surface area is 207 Å². The van der Waals surface area contributed by atoms with E-state index in [9.17, 15) is 9.59 Å². The van der Waals surface area contributed by atoms with Gasteiger partial charge in [0, 0.05) is 36.5 Å². The number of rotatable bonds is 8. The van der Waals surface area contributed by atoms with Gasteiger partial charge in [-0.15, -0.1) is 0 Å². The van der Waals surface area contributed by atoms with E-state index in [1.54, 1.807) is 48.5 Å². The molecule has 1 aromatic heterocycles. The van der Waals surface area contributed by atoms with Crippen LogP contribution < -0.4 is 15.5 Å². The fourth-order valence-corrected chi connectivity index (χ4v) is 4.16. The SMILES string of the molecule is COCCN1Cc2c(Oc3ccc(B4OSO4)cc3)cc(C(=O)Nc3ccc(C)cn3)cc2C1=O. The van der Waals surface area contributed by atoms with Crippen LogP contribution >= 0.6 is 12.3 Å². The highest BCUT2D eigenvalue weighted by Crippen LogP contribution is 2.35. The number of aromatic nitrogens is 1. The molecule has 1 saturated heterocycles. The number of anilines is 1. The van der Waals surface area contributed by atoms with Crippen LogP contribution in [-0.2, 0) is 19.5 Å². The number of aryl methyl sites for hydroxylation is 1. The van der Waals surface area contributed by atoms with Crippen molar-refractivity contribution in [3.63, 3.8) is 0 Å². The van der Waals surface area contributed by atoms with Crippen LogP contribution in [0, 0.1) is 6.92 Å². The quantitative estimate of drug-likeness (QED) is 0.379. The molecule has 0 bridgehead atoms. The summed E-state index contributed by atoms with van der Waals surface area (Å²) in [6, 6.07) is 14.1. The van der Waals surface area contributed by atoms with E-state index in [0.29, 0.717) is 48.1 Å². The second kappa shape index (κ2) is 10.1. The number of ether oxygens (including phenoxy) is 2. The highest BCUT2D eigenvalue weighted by molar-refractivity contribution is 7.94. The predicted octanol–water partition coefficient (Wildman–Crippen LogP) is 3.34. The number of pyridine rings is 1. The fraction of sp³-hybridized carbons (Fsp3) is 0.208. The zero-order valence-electron chi connectivity index (χ0n) is 19.1. The highest BCUT2D eigenvalue weighted by atomic mass is 32.2. The Balaban J connectivity index is 1.44. The standard InChI is InChI=1S/C24H22BN3O6S/c1-15-3-8-22(26-13-15)27-23(29)16-11-19-20(14-28(24(19)30)9-10-31-2)21(12-16)32-18-6-4-17(5-7-18)25-33-35-34-25/h3-8,11-13H,9-10,14H2,1-2H3,(H,26,27,29). The lowest BCUT2D eigenvalue weighted by Gasteiger charge is -2.20. The molecule has 0 aliphatic carbocycles. The van der Waals surface area contributed by atoms with E-state index in [1.165, 1.54) is 0 Å². The van der Waals surface area contributed by atoms with Crippen LogP contribution in [0.5, 0.6) is 11.5 Å². The maximum atomic E-state index is 13.1. The van der Waals surface area contributed by atoms with Gasteiger partial charge in [0.05, 0.1) is 13.2 Å². The summed E-state index contributed by atoms with van der Waals surface area (Å²) in [5.41, 5.74) is 3.31. The van der Waals surface area contributed by atoms with Crippen LogP contribution in [-0.4, -0.2) is 49.1 Å². The van der Waals surface area contributed by atoms with Crippen molar-refractivity contribution >= 4 is 42.5 Å². The number of nitrogens with one attached hydrogen (secondary N) is 1. The van der Waals surface area contributed by atoms with Gasteiger partial charge in [-0.2, -0.15) is 0 Å². The van der Waals surface area contributed by atoms with Gasteiger partial charge in [0.25, 0.3) is 11.8 Å². The molecule has 1 fully saturated rings. The van der Waals surface area contributed by atoms with Crippen molar-refractivity contribution in [3.8, 4) is 11.5 Å². The number of hydrogen-bond donors (Lipinski definition) is 1. The summed E-state index contributed by atoms with van der Waals surface area (Å²) in [7, 11) is 1.19. The van der Waals surface area contributed by atoms with E-state index in [4.69, 9.17) is 17.7 Å². The van der Waals surface area contributed by atoms with E-state index in [2.05, 4.69) is 10.3 Å². The molecule has 35 heavy (non-hydrogen) atoms. The van der Waals surface area contributed by atoms with Gasteiger partial charge >= 0.3 is 7.12 Å². The van der Waals surface area contributed by atoms with Crippen LogP contribution in [0.1, 0.15) is 31.8 Å². The van der Waals surface area contributed by atoms with Gasteiger partial charge in [-0.05, 0) is 48.3 Å². The predicted molar refractivity (Wildman–Crippen MR) is 132 cm³/mol. The number of carbonyl (C=O) groups is 2. The van der Waals surface area contributed by atoms with Crippen LogP contribution in [0.15, 0.2) is 54.7 Å². The zero-order chi connectivity index (χ0) is 24.4. The van der Waals surface area contributed by atoms with E-state index >= 15 is 0 Å². The molecule has 1 N–H and O–H groups in total. The molecule has 2 aliphatic rings. The number of methoxy groups -OCH3 is 1. The Hall–Kier alpha value is -3.38. The summed E-state index contributed by atoms with van der Waals surface area (Å²) in [4.78, 5) is 32.0. The summed E-state index contributed by atoms with van der Waals surface area (Å²) >= 11 is 0.953. The first-order valence-electron chi connectivity index (χ1n) is 11.0. The lowest BCUT2D eigenvalue weighted by atomic mass is 9.80. The number of benzene rings is 2. The molecule has 0 spiro atoms. The lowest BCUT2D eigenvalue weighted by Crippen LogP contribution is -2.39. The average Bonchev–Trinajstić information content (AvgIpc) is 3.15. The van der Waals surface area contributed by atoms with Crippen LogP contribution in [0.25, 0.3) is 0 Å². The fourth-order valence-electron chi connectivity index (χ4n) is 3.78.